The molecule has 132 valence electrons. The van der Waals surface area contributed by atoms with E-state index in [1.807, 2.05) is 30.0 Å². The van der Waals surface area contributed by atoms with Crippen molar-refractivity contribution in [1.29, 1.82) is 0 Å². The second-order valence-electron chi connectivity index (χ2n) is 6.96. The first kappa shape index (κ1) is 17.4. The number of aliphatic hydroxyl groups is 1. The molecule has 2 aliphatic rings. The third-order valence-electron chi connectivity index (χ3n) is 4.97. The molecule has 0 aromatic heterocycles. The maximum Gasteiger partial charge on any atom is 0.240 e. The van der Waals surface area contributed by atoms with Crippen molar-refractivity contribution >= 4 is 5.91 Å². The molecule has 0 aliphatic carbocycles. The standard InChI is InChI=1S/C19H28N2O3/c1-15-11-21(13-17(14-22)24-15)19(23)18-9-5-6-10-20(18)12-16-7-3-2-4-8-16/h2-4,7-8,15,17-18,22H,5-6,9-14H2,1H3. The number of carbonyl (C=O) groups is 1. The molecule has 5 nitrogen and oxygen atoms in total. The Morgan fingerprint density at radius 1 is 1.25 bits per heavy atom. The summed E-state index contributed by atoms with van der Waals surface area (Å²) in [7, 11) is 0. The number of carbonyl (C=O) groups excluding carboxylic acids is 1. The lowest BCUT2D eigenvalue weighted by Crippen LogP contribution is -2.57. The monoisotopic (exact) mass is 332 g/mol. The van der Waals surface area contributed by atoms with E-state index in [4.69, 9.17) is 4.74 Å². The first-order valence-corrected chi connectivity index (χ1v) is 9.00. The number of likely N-dealkylation sites (tertiary alicyclic amines) is 1. The topological polar surface area (TPSA) is 53.0 Å². The molecule has 3 unspecified atom stereocenters. The van der Waals surface area contributed by atoms with E-state index in [0.29, 0.717) is 13.1 Å². The van der Waals surface area contributed by atoms with Crippen LogP contribution in [0.2, 0.25) is 0 Å². The lowest BCUT2D eigenvalue weighted by Gasteiger charge is -2.41. The van der Waals surface area contributed by atoms with Crippen molar-refractivity contribution in [3.63, 3.8) is 0 Å². The van der Waals surface area contributed by atoms with Gasteiger partial charge < -0.3 is 14.7 Å². The third kappa shape index (κ3) is 4.15. The summed E-state index contributed by atoms with van der Waals surface area (Å²) < 4.78 is 5.67. The van der Waals surface area contributed by atoms with E-state index in [1.165, 1.54) is 5.56 Å². The SMILES string of the molecule is CC1CN(C(=O)C2CCCCN2Cc2ccccc2)CC(CO)O1. The Kier molecular flexibility index (Phi) is 5.87. The Morgan fingerprint density at radius 2 is 2.04 bits per heavy atom. The van der Waals surface area contributed by atoms with Crippen LogP contribution >= 0.6 is 0 Å². The van der Waals surface area contributed by atoms with Gasteiger partial charge in [0.1, 0.15) is 0 Å². The van der Waals surface area contributed by atoms with Crippen LogP contribution in [0.4, 0.5) is 0 Å². The Bertz CT molecular complexity index is 537. The number of aliphatic hydroxyl groups excluding tert-OH is 1. The van der Waals surface area contributed by atoms with Gasteiger partial charge in [-0.25, -0.2) is 0 Å². The van der Waals surface area contributed by atoms with Crippen molar-refractivity contribution in [3.05, 3.63) is 35.9 Å². The summed E-state index contributed by atoms with van der Waals surface area (Å²) in [6.07, 6.45) is 2.89. The molecule has 3 atom stereocenters. The summed E-state index contributed by atoms with van der Waals surface area (Å²) in [6.45, 7) is 4.83. The molecular formula is C19H28N2O3. The van der Waals surface area contributed by atoms with Crippen LogP contribution in [0.25, 0.3) is 0 Å². The van der Waals surface area contributed by atoms with Crippen molar-refractivity contribution < 1.29 is 14.6 Å². The predicted molar refractivity (Wildman–Crippen MR) is 92.5 cm³/mol. The lowest BCUT2D eigenvalue weighted by molar-refractivity contribution is -0.153. The van der Waals surface area contributed by atoms with Gasteiger partial charge in [0.05, 0.1) is 24.9 Å². The molecule has 0 bridgehead atoms. The second-order valence-corrected chi connectivity index (χ2v) is 6.96. The number of hydrogen-bond donors (Lipinski definition) is 1. The van der Waals surface area contributed by atoms with Crippen LogP contribution in [0.5, 0.6) is 0 Å². The number of ether oxygens (including phenoxy) is 1. The molecule has 2 saturated heterocycles. The van der Waals surface area contributed by atoms with Gasteiger partial charge in [-0.3, -0.25) is 9.69 Å². The van der Waals surface area contributed by atoms with Gasteiger partial charge in [-0.1, -0.05) is 36.8 Å². The van der Waals surface area contributed by atoms with Crippen LogP contribution in [0.3, 0.4) is 0 Å². The van der Waals surface area contributed by atoms with Crippen LogP contribution in [0.1, 0.15) is 31.7 Å². The zero-order chi connectivity index (χ0) is 16.9. The molecule has 1 aromatic carbocycles. The Balaban J connectivity index is 1.69. The number of benzene rings is 1. The maximum absolute atomic E-state index is 13.1. The van der Waals surface area contributed by atoms with E-state index >= 15 is 0 Å². The first-order chi connectivity index (χ1) is 11.7. The second kappa shape index (κ2) is 8.10. The molecule has 5 heteroatoms. The first-order valence-electron chi connectivity index (χ1n) is 9.00. The summed E-state index contributed by atoms with van der Waals surface area (Å²) >= 11 is 0. The predicted octanol–water partition coefficient (Wildman–Crippen LogP) is 1.65. The minimum absolute atomic E-state index is 0.0222. The highest BCUT2D eigenvalue weighted by atomic mass is 16.5. The highest BCUT2D eigenvalue weighted by Gasteiger charge is 2.35. The number of morpholine rings is 1. The average molecular weight is 332 g/mol. The van der Waals surface area contributed by atoms with Gasteiger partial charge in [0, 0.05) is 19.6 Å². The summed E-state index contributed by atoms with van der Waals surface area (Å²) in [4.78, 5) is 17.3. The maximum atomic E-state index is 13.1. The normalized spacial score (nSPS) is 28.8. The Labute approximate surface area is 144 Å². The largest absolute Gasteiger partial charge is 0.394 e. The summed E-state index contributed by atoms with van der Waals surface area (Å²) in [5.74, 6) is 0.194. The van der Waals surface area contributed by atoms with Gasteiger partial charge in [-0.05, 0) is 31.9 Å². The van der Waals surface area contributed by atoms with Crippen molar-refractivity contribution in [3.8, 4) is 0 Å². The summed E-state index contributed by atoms with van der Waals surface area (Å²) in [5, 5.41) is 9.39. The van der Waals surface area contributed by atoms with Crippen molar-refractivity contribution in [2.45, 2.75) is 51.0 Å². The molecular weight excluding hydrogens is 304 g/mol. The summed E-state index contributed by atoms with van der Waals surface area (Å²) in [6, 6.07) is 10.3. The Hall–Kier alpha value is -1.43. The van der Waals surface area contributed by atoms with Gasteiger partial charge in [-0.15, -0.1) is 0 Å². The van der Waals surface area contributed by atoms with Crippen LogP contribution in [-0.4, -0.2) is 65.3 Å². The molecule has 1 N–H and O–H groups in total. The highest BCUT2D eigenvalue weighted by molar-refractivity contribution is 5.82. The minimum Gasteiger partial charge on any atom is -0.394 e. The molecule has 0 saturated carbocycles. The average Bonchev–Trinajstić information content (AvgIpc) is 2.62. The molecule has 1 aromatic rings. The van der Waals surface area contributed by atoms with Gasteiger partial charge in [0.25, 0.3) is 0 Å². The fraction of sp³-hybridized carbons (Fsp3) is 0.632. The van der Waals surface area contributed by atoms with E-state index in [2.05, 4.69) is 17.0 Å². The number of rotatable bonds is 4. The molecule has 2 heterocycles. The fourth-order valence-electron chi connectivity index (χ4n) is 3.81. The zero-order valence-electron chi connectivity index (χ0n) is 14.4. The van der Waals surface area contributed by atoms with Gasteiger partial charge in [0.2, 0.25) is 5.91 Å². The van der Waals surface area contributed by atoms with E-state index in [9.17, 15) is 9.90 Å². The molecule has 1 amide bonds. The lowest BCUT2D eigenvalue weighted by atomic mass is 9.99. The van der Waals surface area contributed by atoms with Crippen LogP contribution in [-0.2, 0) is 16.1 Å². The highest BCUT2D eigenvalue weighted by Crippen LogP contribution is 2.23. The van der Waals surface area contributed by atoms with Crippen LogP contribution in [0.15, 0.2) is 30.3 Å². The minimum atomic E-state index is -0.260. The molecule has 2 fully saturated rings. The molecule has 24 heavy (non-hydrogen) atoms. The van der Waals surface area contributed by atoms with E-state index in [1.54, 1.807) is 0 Å². The number of amides is 1. The number of nitrogens with zero attached hydrogens (tertiary/aromatic N) is 2. The molecule has 2 aliphatic heterocycles. The summed E-state index contributed by atoms with van der Waals surface area (Å²) in [5.41, 5.74) is 1.25. The fourth-order valence-corrected chi connectivity index (χ4v) is 3.81. The smallest absolute Gasteiger partial charge is 0.240 e. The molecule has 3 rings (SSSR count). The van der Waals surface area contributed by atoms with Gasteiger partial charge in [0.15, 0.2) is 0 Å². The van der Waals surface area contributed by atoms with Crippen molar-refractivity contribution in [2.75, 3.05) is 26.2 Å². The van der Waals surface area contributed by atoms with Crippen molar-refractivity contribution in [2.24, 2.45) is 0 Å². The van der Waals surface area contributed by atoms with E-state index in [0.717, 1.165) is 32.4 Å². The van der Waals surface area contributed by atoms with E-state index < -0.39 is 0 Å². The number of piperidine rings is 1. The zero-order valence-corrected chi connectivity index (χ0v) is 14.4. The molecule has 0 spiro atoms. The van der Waals surface area contributed by atoms with E-state index in [-0.39, 0.29) is 30.8 Å². The third-order valence-corrected chi connectivity index (χ3v) is 4.97. The van der Waals surface area contributed by atoms with Crippen molar-refractivity contribution in [1.82, 2.24) is 9.80 Å². The van der Waals surface area contributed by atoms with Gasteiger partial charge in [-0.2, -0.15) is 0 Å². The number of hydrogen-bond acceptors (Lipinski definition) is 4. The quantitative estimate of drug-likeness (QED) is 0.911. The van der Waals surface area contributed by atoms with Crippen LogP contribution in [0, 0.1) is 0 Å². The van der Waals surface area contributed by atoms with Gasteiger partial charge >= 0.3 is 0 Å². The van der Waals surface area contributed by atoms with Crippen LogP contribution < -0.4 is 0 Å². The molecule has 0 radical (unpaired) electrons. The Morgan fingerprint density at radius 3 is 2.79 bits per heavy atom.